The molecule has 3 N–H and O–H groups in total. The van der Waals surface area contributed by atoms with Crippen LogP contribution in [0.25, 0.3) is 10.9 Å². The average molecular weight is 447 g/mol. The van der Waals surface area contributed by atoms with Gasteiger partial charge >= 0.3 is 0 Å². The van der Waals surface area contributed by atoms with Gasteiger partial charge in [-0.25, -0.2) is 4.98 Å². The van der Waals surface area contributed by atoms with Gasteiger partial charge in [-0.05, 0) is 32.0 Å². The molecular formula is C24H25N5O4. The summed E-state index contributed by atoms with van der Waals surface area (Å²) >= 11 is 0. The number of fused-ring (bicyclic) bond motifs is 2. The summed E-state index contributed by atoms with van der Waals surface area (Å²) in [6.45, 7) is 5.83. The summed E-state index contributed by atoms with van der Waals surface area (Å²) < 4.78 is 11.2. The van der Waals surface area contributed by atoms with Gasteiger partial charge in [0.15, 0.2) is 0 Å². The highest BCUT2D eigenvalue weighted by atomic mass is 16.5. The molecule has 2 amide bonds. The van der Waals surface area contributed by atoms with Gasteiger partial charge in [-0.3, -0.25) is 14.6 Å². The van der Waals surface area contributed by atoms with Gasteiger partial charge < -0.3 is 25.4 Å². The molecule has 3 aromatic rings. The molecule has 1 saturated heterocycles. The summed E-state index contributed by atoms with van der Waals surface area (Å²) in [6, 6.07) is 7.43. The van der Waals surface area contributed by atoms with Crippen molar-refractivity contribution in [3.05, 3.63) is 53.0 Å². The Morgan fingerprint density at radius 2 is 2.12 bits per heavy atom. The first kappa shape index (κ1) is 21.1. The van der Waals surface area contributed by atoms with E-state index in [9.17, 15) is 9.59 Å². The molecule has 1 atom stereocenters. The predicted molar refractivity (Wildman–Crippen MR) is 123 cm³/mol. The zero-order chi connectivity index (χ0) is 23.1. The molecule has 1 aromatic carbocycles. The van der Waals surface area contributed by atoms with E-state index in [2.05, 4.69) is 15.3 Å². The van der Waals surface area contributed by atoms with Crippen LogP contribution < -0.4 is 15.8 Å². The fourth-order valence-corrected chi connectivity index (χ4v) is 4.43. The van der Waals surface area contributed by atoms with E-state index in [-0.39, 0.29) is 17.6 Å². The molecule has 5 rings (SSSR count). The van der Waals surface area contributed by atoms with E-state index in [4.69, 9.17) is 15.2 Å². The summed E-state index contributed by atoms with van der Waals surface area (Å²) in [7, 11) is 0. The highest BCUT2D eigenvalue weighted by Gasteiger charge is 2.26. The number of ether oxygens (including phenoxy) is 2. The summed E-state index contributed by atoms with van der Waals surface area (Å²) in [5, 5.41) is 3.99. The molecule has 1 unspecified atom stereocenters. The molecule has 2 aliphatic rings. The maximum Gasteiger partial charge on any atom is 0.272 e. The predicted octanol–water partition coefficient (Wildman–Crippen LogP) is 2.58. The van der Waals surface area contributed by atoms with Crippen molar-refractivity contribution in [1.82, 2.24) is 14.9 Å². The molecule has 4 heterocycles. The summed E-state index contributed by atoms with van der Waals surface area (Å²) in [5.74, 6) is 0.0220. The van der Waals surface area contributed by atoms with Crippen molar-refractivity contribution in [3.63, 3.8) is 0 Å². The molecule has 170 valence electrons. The number of nitrogens with one attached hydrogen (secondary N) is 1. The third-order valence-corrected chi connectivity index (χ3v) is 6.04. The molecule has 0 spiro atoms. The van der Waals surface area contributed by atoms with Crippen molar-refractivity contribution >= 4 is 34.1 Å². The first-order chi connectivity index (χ1) is 15.9. The third kappa shape index (κ3) is 3.84. The average Bonchev–Trinajstić information content (AvgIpc) is 3.28. The number of hydrogen-bond acceptors (Lipinski definition) is 7. The molecule has 0 saturated carbocycles. The van der Waals surface area contributed by atoms with Crippen molar-refractivity contribution in [1.29, 1.82) is 0 Å². The number of benzene rings is 1. The van der Waals surface area contributed by atoms with Crippen LogP contribution in [0.4, 0.5) is 11.4 Å². The Morgan fingerprint density at radius 3 is 2.91 bits per heavy atom. The minimum absolute atomic E-state index is 0.0352. The highest BCUT2D eigenvalue weighted by molar-refractivity contribution is 6.09. The number of amides is 2. The van der Waals surface area contributed by atoms with Crippen LogP contribution in [0.15, 0.2) is 30.5 Å². The second kappa shape index (κ2) is 8.32. The van der Waals surface area contributed by atoms with Gasteiger partial charge in [-0.2, -0.15) is 0 Å². The molecule has 9 heteroatoms. The molecule has 2 aliphatic heterocycles. The number of rotatable bonds is 4. The van der Waals surface area contributed by atoms with Gasteiger partial charge in [0.2, 0.25) is 0 Å². The SMILES string of the molecule is Cc1nc(C(=O)N2CCOC(C)C2)cc2c(Nc3cccc4c3CCO4)c(C(N)=O)cnc12. The van der Waals surface area contributed by atoms with Crippen LogP contribution in [0, 0.1) is 6.92 Å². The Kier molecular flexibility index (Phi) is 5.33. The van der Waals surface area contributed by atoms with E-state index >= 15 is 0 Å². The minimum Gasteiger partial charge on any atom is -0.493 e. The number of nitrogens with two attached hydrogens (primary N) is 1. The minimum atomic E-state index is -0.611. The lowest BCUT2D eigenvalue weighted by Gasteiger charge is -2.31. The summed E-state index contributed by atoms with van der Waals surface area (Å²) in [5.41, 5.74) is 9.77. The van der Waals surface area contributed by atoms with E-state index in [0.717, 1.165) is 23.4 Å². The van der Waals surface area contributed by atoms with Gasteiger partial charge in [0.05, 0.1) is 41.8 Å². The van der Waals surface area contributed by atoms with E-state index in [0.29, 0.717) is 54.3 Å². The number of carbonyl (C=O) groups is 2. The van der Waals surface area contributed by atoms with Gasteiger partial charge in [-0.15, -0.1) is 0 Å². The van der Waals surface area contributed by atoms with Crippen molar-refractivity contribution < 1.29 is 19.1 Å². The maximum atomic E-state index is 13.2. The number of pyridine rings is 2. The van der Waals surface area contributed by atoms with E-state index in [1.807, 2.05) is 25.1 Å². The molecule has 1 fully saturated rings. The number of anilines is 2. The van der Waals surface area contributed by atoms with Gasteiger partial charge in [0.25, 0.3) is 11.8 Å². The first-order valence-electron chi connectivity index (χ1n) is 10.9. The lowest BCUT2D eigenvalue weighted by atomic mass is 10.0. The number of hydrogen-bond donors (Lipinski definition) is 2. The van der Waals surface area contributed by atoms with Gasteiger partial charge in [-0.1, -0.05) is 6.07 Å². The quantitative estimate of drug-likeness (QED) is 0.631. The van der Waals surface area contributed by atoms with Crippen molar-refractivity contribution in [2.45, 2.75) is 26.4 Å². The van der Waals surface area contributed by atoms with Crippen molar-refractivity contribution in [2.24, 2.45) is 5.73 Å². The first-order valence-corrected chi connectivity index (χ1v) is 10.9. The smallest absolute Gasteiger partial charge is 0.272 e. The Labute approximate surface area is 190 Å². The fourth-order valence-electron chi connectivity index (χ4n) is 4.43. The summed E-state index contributed by atoms with van der Waals surface area (Å²) in [4.78, 5) is 36.2. The van der Waals surface area contributed by atoms with E-state index in [1.165, 1.54) is 6.20 Å². The van der Waals surface area contributed by atoms with E-state index in [1.54, 1.807) is 17.9 Å². The van der Waals surface area contributed by atoms with Crippen LogP contribution in [0.5, 0.6) is 5.75 Å². The highest BCUT2D eigenvalue weighted by Crippen LogP contribution is 2.36. The van der Waals surface area contributed by atoms with Crippen LogP contribution >= 0.6 is 0 Å². The maximum absolute atomic E-state index is 13.2. The number of morpholine rings is 1. The number of carbonyl (C=O) groups excluding carboxylic acids is 2. The fraction of sp³-hybridized carbons (Fsp3) is 0.333. The largest absolute Gasteiger partial charge is 0.493 e. The number of aryl methyl sites for hydroxylation is 1. The number of nitrogens with zero attached hydrogens (tertiary/aromatic N) is 3. The van der Waals surface area contributed by atoms with Crippen molar-refractivity contribution in [2.75, 3.05) is 31.6 Å². The van der Waals surface area contributed by atoms with Crippen LogP contribution in [0.3, 0.4) is 0 Å². The monoisotopic (exact) mass is 447 g/mol. The number of primary amides is 1. The zero-order valence-electron chi connectivity index (χ0n) is 18.6. The Hall–Kier alpha value is -3.72. The Balaban J connectivity index is 1.64. The second-order valence-electron chi connectivity index (χ2n) is 8.34. The van der Waals surface area contributed by atoms with Crippen molar-refractivity contribution in [3.8, 4) is 5.75 Å². The Bertz CT molecular complexity index is 1280. The molecule has 2 aromatic heterocycles. The van der Waals surface area contributed by atoms with Crippen LogP contribution in [0.2, 0.25) is 0 Å². The standard InChI is InChI=1S/C24H25N5O4/c1-13-12-29(7-9-32-13)24(31)19-10-16-21(14(2)27-19)26-11-17(23(25)30)22(16)28-18-4-3-5-20-15(18)6-8-33-20/h3-5,10-11,13H,6-9,12H2,1-2H3,(H2,25,30)(H,26,28). The molecule has 9 nitrogen and oxygen atoms in total. The van der Waals surface area contributed by atoms with E-state index < -0.39 is 5.91 Å². The second-order valence-corrected chi connectivity index (χ2v) is 8.34. The lowest BCUT2D eigenvalue weighted by Crippen LogP contribution is -2.44. The molecular weight excluding hydrogens is 422 g/mol. The molecule has 0 radical (unpaired) electrons. The van der Waals surface area contributed by atoms with Crippen LogP contribution in [0.1, 0.15) is 39.0 Å². The van der Waals surface area contributed by atoms with Crippen LogP contribution in [-0.4, -0.2) is 59.1 Å². The lowest BCUT2D eigenvalue weighted by molar-refractivity contribution is -0.0126. The van der Waals surface area contributed by atoms with Gasteiger partial charge in [0.1, 0.15) is 11.4 Å². The summed E-state index contributed by atoms with van der Waals surface area (Å²) in [6.07, 6.45) is 2.17. The zero-order valence-corrected chi connectivity index (χ0v) is 18.6. The molecule has 33 heavy (non-hydrogen) atoms. The molecule has 0 bridgehead atoms. The molecule has 0 aliphatic carbocycles. The number of aromatic nitrogens is 2. The van der Waals surface area contributed by atoms with Gasteiger partial charge in [0, 0.05) is 42.3 Å². The Morgan fingerprint density at radius 1 is 1.27 bits per heavy atom. The normalized spacial score (nSPS) is 17.5. The van der Waals surface area contributed by atoms with Crippen LogP contribution in [-0.2, 0) is 11.2 Å². The third-order valence-electron chi connectivity index (χ3n) is 6.04. The topological polar surface area (TPSA) is 120 Å².